The lowest BCUT2D eigenvalue weighted by Crippen LogP contribution is -2.43. The maximum absolute atomic E-state index is 12.0. The van der Waals surface area contributed by atoms with Crippen molar-refractivity contribution in [2.24, 2.45) is 5.73 Å². The molecule has 2 amide bonds. The van der Waals surface area contributed by atoms with E-state index in [1.54, 1.807) is 6.33 Å². The van der Waals surface area contributed by atoms with Crippen molar-refractivity contribution in [2.45, 2.75) is 45.3 Å². The summed E-state index contributed by atoms with van der Waals surface area (Å²) in [5, 5.41) is 5.47. The zero-order valence-electron chi connectivity index (χ0n) is 15.3. The molecule has 140 valence electrons. The summed E-state index contributed by atoms with van der Waals surface area (Å²) >= 11 is 0. The average Bonchev–Trinajstić information content (AvgIpc) is 3.01. The van der Waals surface area contributed by atoms with Crippen LogP contribution < -0.4 is 16.4 Å². The predicted octanol–water partition coefficient (Wildman–Crippen LogP) is 0.832. The number of aromatic nitrogens is 2. The summed E-state index contributed by atoms with van der Waals surface area (Å²) < 4.78 is 1.96. The summed E-state index contributed by atoms with van der Waals surface area (Å²) in [4.78, 5) is 27.9. The molecule has 0 aliphatic carbocycles. The third kappa shape index (κ3) is 6.68. The first kappa shape index (κ1) is 19.7. The van der Waals surface area contributed by atoms with Gasteiger partial charge in [-0.05, 0) is 19.4 Å². The Hall–Kier alpha value is -2.67. The highest BCUT2D eigenvalue weighted by Gasteiger charge is 2.15. The number of nitrogens with one attached hydrogen (secondary N) is 2. The number of carbonyl (C=O) groups is 2. The number of carbonyl (C=O) groups excluding carboxylic acids is 2. The molecule has 0 spiro atoms. The Morgan fingerprint density at radius 1 is 1.23 bits per heavy atom. The normalized spacial score (nSPS) is 12.0. The smallest absolute Gasteiger partial charge is 0.237 e. The van der Waals surface area contributed by atoms with Gasteiger partial charge in [0.2, 0.25) is 11.8 Å². The molecule has 2 rings (SSSR count). The van der Waals surface area contributed by atoms with Gasteiger partial charge in [-0.3, -0.25) is 9.59 Å². The predicted molar refractivity (Wildman–Crippen MR) is 100 cm³/mol. The molecule has 1 aromatic heterocycles. The molecule has 0 bridgehead atoms. The topological polar surface area (TPSA) is 102 Å². The van der Waals surface area contributed by atoms with Crippen molar-refractivity contribution in [3.63, 3.8) is 0 Å². The minimum Gasteiger partial charge on any atom is -0.354 e. The van der Waals surface area contributed by atoms with Crippen LogP contribution >= 0.6 is 0 Å². The minimum absolute atomic E-state index is 0.0893. The molecular weight excluding hydrogens is 330 g/mol. The van der Waals surface area contributed by atoms with Crippen LogP contribution in [-0.2, 0) is 22.6 Å². The lowest BCUT2D eigenvalue weighted by molar-refractivity contribution is -0.123. The zero-order chi connectivity index (χ0) is 18.9. The van der Waals surface area contributed by atoms with Crippen LogP contribution in [0.1, 0.15) is 31.5 Å². The van der Waals surface area contributed by atoms with Crippen molar-refractivity contribution < 1.29 is 9.59 Å². The first-order valence-corrected chi connectivity index (χ1v) is 8.81. The van der Waals surface area contributed by atoms with Gasteiger partial charge < -0.3 is 20.9 Å². The molecule has 0 unspecified atom stereocenters. The Morgan fingerprint density at radius 2 is 1.96 bits per heavy atom. The standard InChI is InChI=1S/C19H27N5O2/c1-14(2)23-18(25)8-9-21-19(26)17(20)10-16-12-24(13-22-16)11-15-6-4-3-5-7-15/h3-7,12-14,17H,8-11,20H2,1-2H3,(H,21,26)(H,23,25)/t17-/m0/s1. The van der Waals surface area contributed by atoms with Crippen molar-refractivity contribution in [1.82, 2.24) is 20.2 Å². The number of nitrogens with zero attached hydrogens (tertiary/aromatic N) is 2. The van der Waals surface area contributed by atoms with E-state index in [0.29, 0.717) is 6.42 Å². The Labute approximate surface area is 154 Å². The van der Waals surface area contributed by atoms with Gasteiger partial charge in [0.25, 0.3) is 0 Å². The minimum atomic E-state index is -0.691. The van der Waals surface area contributed by atoms with Crippen LogP contribution in [0.2, 0.25) is 0 Å². The van der Waals surface area contributed by atoms with Crippen molar-refractivity contribution in [3.8, 4) is 0 Å². The summed E-state index contributed by atoms with van der Waals surface area (Å²) in [6.07, 6.45) is 4.23. The lowest BCUT2D eigenvalue weighted by Gasteiger charge is -2.12. The first-order chi connectivity index (χ1) is 12.4. The van der Waals surface area contributed by atoms with Crippen LogP contribution in [0.25, 0.3) is 0 Å². The molecule has 26 heavy (non-hydrogen) atoms. The Morgan fingerprint density at radius 3 is 2.65 bits per heavy atom. The molecule has 1 aromatic carbocycles. The second-order valence-corrected chi connectivity index (χ2v) is 6.60. The van der Waals surface area contributed by atoms with Crippen LogP contribution in [0.5, 0.6) is 0 Å². The number of nitrogens with two attached hydrogens (primary N) is 1. The molecule has 0 saturated heterocycles. The number of rotatable bonds is 9. The SMILES string of the molecule is CC(C)NC(=O)CCNC(=O)[C@@H](N)Cc1cn(Cc2ccccc2)cn1. The maximum Gasteiger partial charge on any atom is 0.237 e. The molecule has 7 heteroatoms. The quantitative estimate of drug-likeness (QED) is 0.619. The molecule has 1 atom stereocenters. The number of amides is 2. The molecule has 0 aliphatic rings. The molecular formula is C19H27N5O2. The van der Waals surface area contributed by atoms with Crippen LogP contribution in [0.15, 0.2) is 42.9 Å². The van der Waals surface area contributed by atoms with Gasteiger partial charge in [0.1, 0.15) is 0 Å². The number of hydrogen-bond acceptors (Lipinski definition) is 4. The van der Waals surface area contributed by atoms with Gasteiger partial charge in [-0.2, -0.15) is 0 Å². The number of benzene rings is 1. The Bertz CT molecular complexity index is 712. The van der Waals surface area contributed by atoms with Gasteiger partial charge in [-0.15, -0.1) is 0 Å². The Balaban J connectivity index is 1.75. The molecule has 0 radical (unpaired) electrons. The highest BCUT2D eigenvalue weighted by molar-refractivity contribution is 5.82. The van der Waals surface area contributed by atoms with E-state index >= 15 is 0 Å². The highest BCUT2D eigenvalue weighted by Crippen LogP contribution is 2.05. The van der Waals surface area contributed by atoms with Crippen LogP contribution in [0, 0.1) is 0 Å². The van der Waals surface area contributed by atoms with E-state index in [-0.39, 0.29) is 30.8 Å². The van der Waals surface area contributed by atoms with E-state index in [2.05, 4.69) is 15.6 Å². The van der Waals surface area contributed by atoms with E-state index in [9.17, 15) is 9.59 Å². The van der Waals surface area contributed by atoms with E-state index in [0.717, 1.165) is 12.2 Å². The Kier molecular flexibility index (Phi) is 7.35. The van der Waals surface area contributed by atoms with Crippen LogP contribution in [0.4, 0.5) is 0 Å². The van der Waals surface area contributed by atoms with Gasteiger partial charge in [0.15, 0.2) is 0 Å². The van der Waals surface area contributed by atoms with Crippen molar-refractivity contribution in [2.75, 3.05) is 6.54 Å². The molecule has 0 saturated carbocycles. The van der Waals surface area contributed by atoms with Gasteiger partial charge >= 0.3 is 0 Å². The largest absolute Gasteiger partial charge is 0.354 e. The van der Waals surface area contributed by atoms with Crippen molar-refractivity contribution in [1.29, 1.82) is 0 Å². The van der Waals surface area contributed by atoms with E-state index < -0.39 is 6.04 Å². The molecule has 7 nitrogen and oxygen atoms in total. The van der Waals surface area contributed by atoms with E-state index in [1.165, 1.54) is 5.56 Å². The third-order valence-corrected chi connectivity index (χ3v) is 3.76. The van der Waals surface area contributed by atoms with E-state index in [4.69, 9.17) is 5.73 Å². The fourth-order valence-corrected chi connectivity index (χ4v) is 2.53. The lowest BCUT2D eigenvalue weighted by atomic mass is 10.1. The summed E-state index contributed by atoms with van der Waals surface area (Å²) in [6.45, 7) is 4.78. The summed E-state index contributed by atoms with van der Waals surface area (Å²) in [7, 11) is 0. The molecule has 4 N–H and O–H groups in total. The van der Waals surface area contributed by atoms with Gasteiger partial charge in [0, 0.05) is 38.2 Å². The fourth-order valence-electron chi connectivity index (χ4n) is 2.53. The molecule has 0 fully saturated rings. The summed E-state index contributed by atoms with van der Waals surface area (Å²) in [5.41, 5.74) is 7.89. The van der Waals surface area contributed by atoms with Gasteiger partial charge in [-0.1, -0.05) is 30.3 Å². The zero-order valence-corrected chi connectivity index (χ0v) is 15.3. The van der Waals surface area contributed by atoms with Crippen molar-refractivity contribution >= 4 is 11.8 Å². The molecule has 0 aliphatic heterocycles. The van der Waals surface area contributed by atoms with Crippen molar-refractivity contribution in [3.05, 3.63) is 54.1 Å². The second kappa shape index (κ2) is 9.72. The van der Waals surface area contributed by atoms with Crippen LogP contribution in [0.3, 0.4) is 0 Å². The number of hydrogen-bond donors (Lipinski definition) is 3. The summed E-state index contributed by atoms with van der Waals surface area (Å²) in [6, 6.07) is 9.47. The average molecular weight is 357 g/mol. The second-order valence-electron chi connectivity index (χ2n) is 6.60. The maximum atomic E-state index is 12.0. The summed E-state index contributed by atoms with van der Waals surface area (Å²) in [5.74, 6) is -0.367. The van der Waals surface area contributed by atoms with E-state index in [1.807, 2.05) is 54.9 Å². The number of imidazole rings is 1. The van der Waals surface area contributed by atoms with Gasteiger partial charge in [-0.25, -0.2) is 4.98 Å². The van der Waals surface area contributed by atoms with Crippen LogP contribution in [-0.4, -0.2) is 40.0 Å². The van der Waals surface area contributed by atoms with Gasteiger partial charge in [0.05, 0.1) is 18.1 Å². The fraction of sp³-hybridized carbons (Fsp3) is 0.421. The highest BCUT2D eigenvalue weighted by atomic mass is 16.2. The third-order valence-electron chi connectivity index (χ3n) is 3.76. The molecule has 2 aromatic rings. The first-order valence-electron chi connectivity index (χ1n) is 8.81. The molecule has 1 heterocycles. The monoisotopic (exact) mass is 357 g/mol.